The minimum Gasteiger partial charge on any atom is -0.463 e. The van der Waals surface area contributed by atoms with E-state index in [4.69, 9.17) is 10.00 Å². The van der Waals surface area contributed by atoms with Crippen LogP contribution in [0.3, 0.4) is 0 Å². The topological polar surface area (TPSA) is 87.0 Å². The number of aromatic nitrogens is 3. The summed E-state index contributed by atoms with van der Waals surface area (Å²) in [5.74, 6) is 0.995. The summed E-state index contributed by atoms with van der Waals surface area (Å²) >= 11 is 0. The van der Waals surface area contributed by atoms with Gasteiger partial charge in [0.2, 0.25) is 11.9 Å². The molecule has 0 aliphatic heterocycles. The van der Waals surface area contributed by atoms with Crippen molar-refractivity contribution in [1.29, 1.82) is 5.26 Å². The zero-order valence-electron chi connectivity index (χ0n) is 11.7. The Morgan fingerprint density at radius 2 is 2.11 bits per heavy atom. The summed E-state index contributed by atoms with van der Waals surface area (Å²) in [7, 11) is 1.74. The smallest absolute Gasteiger partial charge is 0.323 e. The van der Waals surface area contributed by atoms with Crippen LogP contribution in [-0.4, -0.2) is 41.7 Å². The normalized spacial score (nSPS) is 9.79. The van der Waals surface area contributed by atoms with Crippen molar-refractivity contribution in [1.82, 2.24) is 15.0 Å². The number of nitrogens with zero attached hydrogens (tertiary/aromatic N) is 5. The fourth-order valence-corrected chi connectivity index (χ4v) is 1.44. The highest BCUT2D eigenvalue weighted by molar-refractivity contribution is 5.38. The summed E-state index contributed by atoms with van der Waals surface area (Å²) in [6.07, 6.45) is 1.32. The fraction of sp³-hybridized carbons (Fsp3) is 0.667. The molecule has 0 amide bonds. The van der Waals surface area contributed by atoms with E-state index in [1.165, 1.54) is 0 Å². The SMILES string of the molecule is CCCOc1nc(NC)nc(N(CC)CCC#N)n1. The van der Waals surface area contributed by atoms with E-state index < -0.39 is 0 Å². The molecule has 0 spiro atoms. The second-order valence-electron chi connectivity index (χ2n) is 3.83. The summed E-state index contributed by atoms with van der Waals surface area (Å²) < 4.78 is 5.44. The van der Waals surface area contributed by atoms with Gasteiger partial charge in [0.1, 0.15) is 0 Å². The largest absolute Gasteiger partial charge is 0.463 e. The van der Waals surface area contributed by atoms with E-state index in [1.807, 2.05) is 18.7 Å². The number of hydrogen-bond acceptors (Lipinski definition) is 7. The van der Waals surface area contributed by atoms with Gasteiger partial charge in [-0.05, 0) is 13.3 Å². The molecule has 1 aromatic rings. The van der Waals surface area contributed by atoms with Crippen LogP contribution in [0.15, 0.2) is 0 Å². The molecule has 0 fully saturated rings. The number of ether oxygens (including phenoxy) is 1. The van der Waals surface area contributed by atoms with Gasteiger partial charge in [-0.3, -0.25) is 0 Å². The van der Waals surface area contributed by atoms with Crippen molar-refractivity contribution in [2.24, 2.45) is 0 Å². The van der Waals surface area contributed by atoms with Gasteiger partial charge in [0.15, 0.2) is 0 Å². The first-order valence-electron chi connectivity index (χ1n) is 6.43. The number of rotatable bonds is 8. The summed E-state index contributed by atoms with van der Waals surface area (Å²) in [5.41, 5.74) is 0. The Bertz CT molecular complexity index is 431. The van der Waals surface area contributed by atoms with Crippen LogP contribution in [0.2, 0.25) is 0 Å². The standard InChI is InChI=1S/C12H20N6O/c1-4-9-19-12-16-10(14-3)15-11(17-12)18(5-2)8-6-7-13/h4-6,8-9H2,1-3H3,(H,14,15,16,17). The van der Waals surface area contributed by atoms with Crippen LogP contribution in [0.5, 0.6) is 6.01 Å². The molecule has 0 aromatic carbocycles. The maximum absolute atomic E-state index is 8.66. The molecule has 19 heavy (non-hydrogen) atoms. The van der Waals surface area contributed by atoms with Crippen LogP contribution >= 0.6 is 0 Å². The molecule has 1 rings (SSSR count). The second-order valence-corrected chi connectivity index (χ2v) is 3.83. The lowest BCUT2D eigenvalue weighted by atomic mass is 10.4. The van der Waals surface area contributed by atoms with E-state index in [-0.39, 0.29) is 0 Å². The van der Waals surface area contributed by atoms with Crippen LogP contribution < -0.4 is 15.0 Å². The van der Waals surface area contributed by atoms with Gasteiger partial charge in [-0.25, -0.2) is 0 Å². The van der Waals surface area contributed by atoms with Gasteiger partial charge in [-0.15, -0.1) is 0 Å². The second kappa shape index (κ2) is 8.08. The number of hydrogen-bond donors (Lipinski definition) is 1. The lowest BCUT2D eigenvalue weighted by Gasteiger charge is -2.20. The average molecular weight is 264 g/mol. The Kier molecular flexibility index (Phi) is 6.36. The zero-order chi connectivity index (χ0) is 14.1. The van der Waals surface area contributed by atoms with Crippen LogP contribution in [0.1, 0.15) is 26.7 Å². The van der Waals surface area contributed by atoms with Crippen LogP contribution in [0.4, 0.5) is 11.9 Å². The molecule has 1 heterocycles. The first-order valence-corrected chi connectivity index (χ1v) is 6.43. The van der Waals surface area contributed by atoms with E-state index >= 15 is 0 Å². The molecular weight excluding hydrogens is 244 g/mol. The average Bonchev–Trinajstić information content (AvgIpc) is 2.45. The van der Waals surface area contributed by atoms with Crippen molar-refractivity contribution in [3.8, 4) is 12.1 Å². The van der Waals surface area contributed by atoms with Crippen molar-refractivity contribution in [2.45, 2.75) is 26.7 Å². The van der Waals surface area contributed by atoms with Crippen LogP contribution in [-0.2, 0) is 0 Å². The van der Waals surface area contributed by atoms with Gasteiger partial charge in [-0.1, -0.05) is 6.92 Å². The van der Waals surface area contributed by atoms with E-state index in [0.29, 0.717) is 37.5 Å². The Morgan fingerprint density at radius 3 is 2.68 bits per heavy atom. The van der Waals surface area contributed by atoms with Gasteiger partial charge in [0.05, 0.1) is 19.1 Å². The third-order valence-corrected chi connectivity index (χ3v) is 2.42. The molecule has 0 bridgehead atoms. The highest BCUT2D eigenvalue weighted by Crippen LogP contribution is 2.15. The molecule has 104 valence electrons. The molecule has 7 heteroatoms. The van der Waals surface area contributed by atoms with Gasteiger partial charge in [0, 0.05) is 20.1 Å². The van der Waals surface area contributed by atoms with E-state index in [9.17, 15) is 0 Å². The molecule has 0 aliphatic rings. The van der Waals surface area contributed by atoms with Gasteiger partial charge >= 0.3 is 6.01 Å². The van der Waals surface area contributed by atoms with Crippen molar-refractivity contribution in [3.63, 3.8) is 0 Å². The number of nitrogens with one attached hydrogen (secondary N) is 1. The molecule has 0 saturated heterocycles. The van der Waals surface area contributed by atoms with Crippen molar-refractivity contribution >= 4 is 11.9 Å². The van der Waals surface area contributed by atoms with E-state index in [0.717, 1.165) is 13.0 Å². The minimum atomic E-state index is 0.312. The first kappa shape index (κ1) is 15.0. The maximum atomic E-state index is 8.66. The number of nitriles is 1. The minimum absolute atomic E-state index is 0.312. The van der Waals surface area contributed by atoms with Crippen molar-refractivity contribution in [2.75, 3.05) is 37.0 Å². The molecule has 0 atom stereocenters. The molecule has 1 aromatic heterocycles. The highest BCUT2D eigenvalue weighted by atomic mass is 16.5. The first-order chi connectivity index (χ1) is 9.24. The third kappa shape index (κ3) is 4.58. The van der Waals surface area contributed by atoms with Gasteiger partial charge in [-0.2, -0.15) is 20.2 Å². The Hall–Kier alpha value is -2.10. The lowest BCUT2D eigenvalue weighted by molar-refractivity contribution is 0.292. The Balaban J connectivity index is 2.93. The quantitative estimate of drug-likeness (QED) is 0.760. The Morgan fingerprint density at radius 1 is 1.32 bits per heavy atom. The van der Waals surface area contributed by atoms with E-state index in [1.54, 1.807) is 7.05 Å². The van der Waals surface area contributed by atoms with Gasteiger partial charge in [0.25, 0.3) is 0 Å². The third-order valence-electron chi connectivity index (χ3n) is 2.42. The van der Waals surface area contributed by atoms with Crippen molar-refractivity contribution < 1.29 is 4.74 Å². The lowest BCUT2D eigenvalue weighted by Crippen LogP contribution is -2.26. The highest BCUT2D eigenvalue weighted by Gasteiger charge is 2.12. The van der Waals surface area contributed by atoms with E-state index in [2.05, 4.69) is 26.3 Å². The van der Waals surface area contributed by atoms with Crippen molar-refractivity contribution in [3.05, 3.63) is 0 Å². The van der Waals surface area contributed by atoms with Crippen LogP contribution in [0, 0.1) is 11.3 Å². The predicted octanol–water partition coefficient (Wildman–Crippen LogP) is 1.44. The predicted molar refractivity (Wildman–Crippen MR) is 73.3 cm³/mol. The molecule has 0 radical (unpaired) electrons. The summed E-state index contributed by atoms with van der Waals surface area (Å²) in [6.45, 7) is 5.89. The molecule has 7 nitrogen and oxygen atoms in total. The summed E-state index contributed by atoms with van der Waals surface area (Å²) in [4.78, 5) is 14.6. The summed E-state index contributed by atoms with van der Waals surface area (Å²) in [5, 5.41) is 11.5. The molecular formula is C12H20N6O. The number of anilines is 2. The zero-order valence-corrected chi connectivity index (χ0v) is 11.7. The molecule has 1 N–H and O–H groups in total. The molecule has 0 aliphatic carbocycles. The summed E-state index contributed by atoms with van der Waals surface area (Å²) in [6, 6.07) is 2.43. The fourth-order valence-electron chi connectivity index (χ4n) is 1.44. The monoisotopic (exact) mass is 264 g/mol. The molecule has 0 saturated carbocycles. The maximum Gasteiger partial charge on any atom is 0.323 e. The molecule has 0 unspecified atom stereocenters. The Labute approximate surface area is 113 Å². The van der Waals surface area contributed by atoms with Crippen LogP contribution in [0.25, 0.3) is 0 Å². The van der Waals surface area contributed by atoms with Gasteiger partial charge < -0.3 is 15.0 Å².